The lowest BCUT2D eigenvalue weighted by molar-refractivity contribution is 0.370. The summed E-state index contributed by atoms with van der Waals surface area (Å²) < 4.78 is 21.9. The van der Waals surface area contributed by atoms with Gasteiger partial charge in [0.15, 0.2) is 0 Å². The van der Waals surface area contributed by atoms with E-state index in [2.05, 4.69) is 10.1 Å². The molecular weight excluding hydrogens is 419 g/mol. The Labute approximate surface area is 178 Å². The van der Waals surface area contributed by atoms with Crippen LogP contribution in [0, 0.1) is 12.7 Å². The number of thiophene rings is 1. The third kappa shape index (κ3) is 3.28. The van der Waals surface area contributed by atoms with E-state index in [1.807, 2.05) is 31.2 Å². The minimum atomic E-state index is -0.614. The average Bonchev–Trinajstić information content (AvgIpc) is 3.42. The first-order chi connectivity index (χ1) is 15.0. The summed E-state index contributed by atoms with van der Waals surface area (Å²) in [7, 11) is 0. The van der Waals surface area contributed by atoms with Crippen molar-refractivity contribution in [3.05, 3.63) is 98.1 Å². The molecule has 0 aliphatic heterocycles. The van der Waals surface area contributed by atoms with E-state index in [1.54, 1.807) is 11.4 Å². The Morgan fingerprint density at radius 3 is 2.74 bits per heavy atom. The Balaban J connectivity index is 1.65. The second kappa shape index (κ2) is 7.44. The summed E-state index contributed by atoms with van der Waals surface area (Å²) in [5.74, 6) is 0.0971. The number of nitrogens with zero attached hydrogens (tertiary/aromatic N) is 4. The zero-order chi connectivity index (χ0) is 21.5. The molecule has 0 atom stereocenters. The van der Waals surface area contributed by atoms with Crippen LogP contribution in [0.25, 0.3) is 27.3 Å². The van der Waals surface area contributed by atoms with E-state index in [4.69, 9.17) is 4.52 Å². The van der Waals surface area contributed by atoms with Crippen molar-refractivity contribution in [3.8, 4) is 17.1 Å². The zero-order valence-corrected chi connectivity index (χ0v) is 17.1. The van der Waals surface area contributed by atoms with Crippen molar-refractivity contribution in [2.45, 2.75) is 13.5 Å². The van der Waals surface area contributed by atoms with Crippen LogP contribution in [0.1, 0.15) is 11.5 Å². The molecule has 7 nitrogen and oxygen atoms in total. The van der Waals surface area contributed by atoms with E-state index in [1.165, 1.54) is 34.1 Å². The van der Waals surface area contributed by atoms with Crippen LogP contribution in [-0.2, 0) is 6.54 Å². The van der Waals surface area contributed by atoms with E-state index in [0.29, 0.717) is 16.0 Å². The highest BCUT2D eigenvalue weighted by Crippen LogP contribution is 2.21. The number of hydrogen-bond donors (Lipinski definition) is 0. The topological polar surface area (TPSA) is 82.9 Å². The molecule has 0 saturated carbocycles. The molecule has 9 heteroatoms. The van der Waals surface area contributed by atoms with Crippen LogP contribution in [0.3, 0.4) is 0 Å². The van der Waals surface area contributed by atoms with Gasteiger partial charge in [-0.1, -0.05) is 35.5 Å². The van der Waals surface area contributed by atoms with Crippen molar-refractivity contribution < 1.29 is 8.91 Å². The molecule has 31 heavy (non-hydrogen) atoms. The van der Waals surface area contributed by atoms with Crippen molar-refractivity contribution in [1.29, 1.82) is 0 Å². The number of aryl methyl sites for hydroxylation is 1. The molecule has 5 rings (SSSR count). The first kappa shape index (κ1) is 19.1. The predicted octanol–water partition coefficient (Wildman–Crippen LogP) is 3.76. The molecule has 0 unspecified atom stereocenters. The molecule has 5 aromatic rings. The summed E-state index contributed by atoms with van der Waals surface area (Å²) in [5, 5.41) is 5.76. The van der Waals surface area contributed by atoms with Crippen molar-refractivity contribution in [2.24, 2.45) is 0 Å². The van der Waals surface area contributed by atoms with Gasteiger partial charge in [0, 0.05) is 5.56 Å². The molecule has 3 aromatic heterocycles. The van der Waals surface area contributed by atoms with Gasteiger partial charge in [0.05, 0.1) is 11.2 Å². The van der Waals surface area contributed by atoms with Crippen LogP contribution >= 0.6 is 11.3 Å². The first-order valence-electron chi connectivity index (χ1n) is 9.40. The maximum absolute atomic E-state index is 13.8. The van der Waals surface area contributed by atoms with Crippen molar-refractivity contribution in [2.75, 3.05) is 0 Å². The number of halogens is 1. The molecule has 0 N–H and O–H groups in total. The van der Waals surface area contributed by atoms with Crippen LogP contribution in [0.4, 0.5) is 4.39 Å². The highest BCUT2D eigenvalue weighted by atomic mass is 32.1. The van der Waals surface area contributed by atoms with E-state index >= 15 is 0 Å². The fourth-order valence-corrected chi connectivity index (χ4v) is 4.29. The van der Waals surface area contributed by atoms with Gasteiger partial charge < -0.3 is 4.52 Å². The number of aromatic nitrogens is 4. The normalized spacial score (nSPS) is 11.3. The standard InChI is InChI=1S/C22H15FN4O3S/c1-13-5-2-3-8-16(13)20-24-18(30-25-20)12-26-17-9-10-31-19(17)21(28)27(22(26)29)15-7-4-6-14(23)11-15/h2-11H,12H2,1H3. The molecule has 0 fully saturated rings. The van der Waals surface area contributed by atoms with Crippen molar-refractivity contribution in [1.82, 2.24) is 19.3 Å². The fourth-order valence-electron chi connectivity index (χ4n) is 3.47. The molecule has 0 saturated heterocycles. The summed E-state index contributed by atoms with van der Waals surface area (Å²) in [6.07, 6.45) is 0. The summed E-state index contributed by atoms with van der Waals surface area (Å²) in [4.78, 5) is 30.6. The van der Waals surface area contributed by atoms with Crippen molar-refractivity contribution in [3.63, 3.8) is 0 Å². The second-order valence-corrected chi connectivity index (χ2v) is 7.87. The monoisotopic (exact) mass is 434 g/mol. The lowest BCUT2D eigenvalue weighted by Crippen LogP contribution is -2.38. The summed E-state index contributed by atoms with van der Waals surface area (Å²) in [6.45, 7) is 1.92. The van der Waals surface area contributed by atoms with Crippen LogP contribution in [0.2, 0.25) is 0 Å². The molecule has 3 heterocycles. The third-order valence-electron chi connectivity index (χ3n) is 4.97. The SMILES string of the molecule is Cc1ccccc1-c1noc(Cn2c(=O)n(-c3cccc(F)c3)c(=O)c3sccc32)n1. The van der Waals surface area contributed by atoms with Gasteiger partial charge in [-0.3, -0.25) is 9.36 Å². The second-order valence-electron chi connectivity index (χ2n) is 6.95. The molecule has 0 aliphatic rings. The van der Waals surface area contributed by atoms with Gasteiger partial charge in [-0.05, 0) is 42.1 Å². The third-order valence-corrected chi connectivity index (χ3v) is 5.86. The molecule has 0 spiro atoms. The van der Waals surface area contributed by atoms with Gasteiger partial charge in [-0.25, -0.2) is 13.8 Å². The van der Waals surface area contributed by atoms with Crippen LogP contribution in [0.5, 0.6) is 0 Å². The highest BCUT2D eigenvalue weighted by Gasteiger charge is 2.19. The number of fused-ring (bicyclic) bond motifs is 1. The summed E-state index contributed by atoms with van der Waals surface area (Å²) in [5.41, 5.74) is 1.33. The summed E-state index contributed by atoms with van der Waals surface area (Å²) in [6, 6.07) is 14.7. The van der Waals surface area contributed by atoms with Crippen LogP contribution < -0.4 is 11.2 Å². The molecule has 2 aromatic carbocycles. The Kier molecular flexibility index (Phi) is 4.59. The highest BCUT2D eigenvalue weighted by molar-refractivity contribution is 7.17. The zero-order valence-electron chi connectivity index (χ0n) is 16.3. The largest absolute Gasteiger partial charge is 0.337 e. The van der Waals surface area contributed by atoms with Gasteiger partial charge in [0.25, 0.3) is 5.56 Å². The van der Waals surface area contributed by atoms with Gasteiger partial charge in [0.1, 0.15) is 17.1 Å². The Morgan fingerprint density at radius 2 is 1.94 bits per heavy atom. The predicted molar refractivity (Wildman–Crippen MR) is 115 cm³/mol. The average molecular weight is 434 g/mol. The smallest absolute Gasteiger partial charge is 0.336 e. The minimum absolute atomic E-state index is 0.0272. The molecule has 0 bridgehead atoms. The molecule has 0 radical (unpaired) electrons. The van der Waals surface area contributed by atoms with Crippen molar-refractivity contribution >= 4 is 21.6 Å². The van der Waals surface area contributed by atoms with E-state index in [9.17, 15) is 14.0 Å². The van der Waals surface area contributed by atoms with E-state index < -0.39 is 17.1 Å². The number of rotatable bonds is 4. The Hall–Kier alpha value is -3.85. The Bertz CT molecular complexity index is 1550. The molecule has 0 aliphatic carbocycles. The maximum Gasteiger partial charge on any atom is 0.336 e. The fraction of sp³-hybridized carbons (Fsp3) is 0.0909. The van der Waals surface area contributed by atoms with Crippen LogP contribution in [-0.4, -0.2) is 19.3 Å². The van der Waals surface area contributed by atoms with Gasteiger partial charge >= 0.3 is 5.69 Å². The van der Waals surface area contributed by atoms with Crippen LogP contribution in [0.15, 0.2) is 74.1 Å². The molecular formula is C22H15FN4O3S. The summed E-state index contributed by atoms with van der Waals surface area (Å²) >= 11 is 1.21. The van der Waals surface area contributed by atoms with E-state index in [-0.39, 0.29) is 18.1 Å². The number of benzene rings is 2. The maximum atomic E-state index is 13.8. The number of hydrogen-bond acceptors (Lipinski definition) is 6. The lowest BCUT2D eigenvalue weighted by atomic mass is 10.1. The molecule has 0 amide bonds. The lowest BCUT2D eigenvalue weighted by Gasteiger charge is -2.10. The molecule has 154 valence electrons. The van der Waals surface area contributed by atoms with Gasteiger partial charge in [-0.15, -0.1) is 11.3 Å². The quantitative estimate of drug-likeness (QED) is 0.430. The minimum Gasteiger partial charge on any atom is -0.337 e. The van der Waals surface area contributed by atoms with Gasteiger partial charge in [-0.2, -0.15) is 4.98 Å². The first-order valence-corrected chi connectivity index (χ1v) is 10.3. The Morgan fingerprint density at radius 1 is 1.10 bits per heavy atom. The van der Waals surface area contributed by atoms with Gasteiger partial charge in [0.2, 0.25) is 11.7 Å². The van der Waals surface area contributed by atoms with E-state index in [0.717, 1.165) is 21.8 Å².